The highest BCUT2D eigenvalue weighted by Crippen LogP contribution is 2.19. The molecule has 0 aliphatic rings. The van der Waals surface area contributed by atoms with Crippen LogP contribution in [0.25, 0.3) is 0 Å². The van der Waals surface area contributed by atoms with Gasteiger partial charge in [0.25, 0.3) is 0 Å². The van der Waals surface area contributed by atoms with Gasteiger partial charge in [-0.25, -0.2) is 0 Å². The van der Waals surface area contributed by atoms with E-state index in [1.807, 2.05) is 79.7 Å². The van der Waals surface area contributed by atoms with Crippen molar-refractivity contribution in [1.29, 1.82) is 0 Å². The van der Waals surface area contributed by atoms with E-state index >= 15 is 0 Å². The number of amides is 2. The number of halogens is 1. The van der Waals surface area contributed by atoms with E-state index in [0.29, 0.717) is 25.3 Å². The Balaban J connectivity index is 1.79. The lowest BCUT2D eigenvalue weighted by atomic mass is 10.0. The monoisotopic (exact) mass is 524 g/mol. The molecule has 6 heteroatoms. The van der Waals surface area contributed by atoms with E-state index in [9.17, 15) is 9.59 Å². The quantitative estimate of drug-likeness (QED) is 0.362. The molecular weight excluding hydrogens is 496 g/mol. The Morgan fingerprint density at radius 2 is 1.48 bits per heavy atom. The summed E-state index contributed by atoms with van der Waals surface area (Å²) in [6, 6.07) is 27.3. The van der Waals surface area contributed by atoms with E-state index < -0.39 is 6.04 Å². The molecule has 0 unspecified atom stereocenters. The predicted octanol–water partition coefficient (Wildman–Crippen LogP) is 5.46. The molecule has 3 aromatic carbocycles. The van der Waals surface area contributed by atoms with E-state index in [0.717, 1.165) is 26.9 Å². The minimum Gasteiger partial charge on any atom is -0.355 e. The number of rotatable bonds is 11. The summed E-state index contributed by atoms with van der Waals surface area (Å²) in [6.45, 7) is 2.82. The van der Waals surface area contributed by atoms with Crippen LogP contribution in [0.2, 0.25) is 0 Å². The van der Waals surface area contributed by atoms with E-state index in [1.165, 1.54) is 0 Å². The van der Waals surface area contributed by atoms with Gasteiger partial charge in [0.2, 0.25) is 11.8 Å². The van der Waals surface area contributed by atoms with Gasteiger partial charge in [0.05, 0.1) is 5.75 Å². The Morgan fingerprint density at radius 1 is 0.879 bits per heavy atom. The molecule has 33 heavy (non-hydrogen) atoms. The molecule has 1 N–H and O–H groups in total. The summed E-state index contributed by atoms with van der Waals surface area (Å²) in [5.74, 6) is 0.896. The summed E-state index contributed by atoms with van der Waals surface area (Å²) in [7, 11) is 0. The van der Waals surface area contributed by atoms with Crippen LogP contribution < -0.4 is 5.32 Å². The van der Waals surface area contributed by atoms with Gasteiger partial charge in [-0.3, -0.25) is 9.59 Å². The number of benzene rings is 3. The van der Waals surface area contributed by atoms with Crippen molar-refractivity contribution < 1.29 is 9.59 Å². The van der Waals surface area contributed by atoms with Gasteiger partial charge in [-0.2, -0.15) is 0 Å². The molecule has 0 bridgehead atoms. The average molecular weight is 526 g/mol. The van der Waals surface area contributed by atoms with Gasteiger partial charge < -0.3 is 10.2 Å². The van der Waals surface area contributed by atoms with Crippen LogP contribution in [0.3, 0.4) is 0 Å². The van der Waals surface area contributed by atoms with E-state index in [4.69, 9.17) is 0 Å². The van der Waals surface area contributed by atoms with Crippen molar-refractivity contribution in [3.63, 3.8) is 0 Å². The number of nitrogens with zero attached hydrogens (tertiary/aromatic N) is 1. The fourth-order valence-electron chi connectivity index (χ4n) is 3.55. The Labute approximate surface area is 208 Å². The summed E-state index contributed by atoms with van der Waals surface area (Å²) in [5.41, 5.74) is 3.20. The van der Waals surface area contributed by atoms with Crippen LogP contribution in [0, 0.1) is 0 Å². The molecule has 172 valence electrons. The molecule has 1 atom stereocenters. The van der Waals surface area contributed by atoms with Gasteiger partial charge in [0, 0.05) is 29.7 Å². The van der Waals surface area contributed by atoms with Gasteiger partial charge in [0.15, 0.2) is 0 Å². The van der Waals surface area contributed by atoms with Crippen LogP contribution in [0.5, 0.6) is 0 Å². The second-order valence-corrected chi connectivity index (χ2v) is 9.63. The first kappa shape index (κ1) is 25.1. The van der Waals surface area contributed by atoms with Gasteiger partial charge >= 0.3 is 0 Å². The van der Waals surface area contributed by atoms with Crippen molar-refractivity contribution in [2.24, 2.45) is 0 Å². The highest BCUT2D eigenvalue weighted by atomic mass is 79.9. The van der Waals surface area contributed by atoms with Crippen LogP contribution in [0.15, 0.2) is 89.4 Å². The molecule has 3 rings (SSSR count). The molecule has 0 fully saturated rings. The topological polar surface area (TPSA) is 49.4 Å². The first-order valence-electron chi connectivity index (χ1n) is 11.0. The standard InChI is InChI=1S/C27H29BrN2O2S/c1-2-29-27(32)25(17-21-9-5-3-6-10-21)30(18-22-11-7-4-8-12-22)26(31)20-33-19-23-13-15-24(28)16-14-23/h3-16,25H,2,17-20H2,1H3,(H,29,32)/t25-/m0/s1. The Bertz CT molecular complexity index is 1010. The van der Waals surface area contributed by atoms with Gasteiger partial charge in [-0.15, -0.1) is 11.8 Å². The Hall–Kier alpha value is -2.57. The first-order chi connectivity index (χ1) is 16.1. The summed E-state index contributed by atoms with van der Waals surface area (Å²) in [6.07, 6.45) is 0.475. The smallest absolute Gasteiger partial charge is 0.243 e. The largest absolute Gasteiger partial charge is 0.355 e. The zero-order chi connectivity index (χ0) is 23.5. The number of carbonyl (C=O) groups is 2. The van der Waals surface area contributed by atoms with Gasteiger partial charge in [-0.05, 0) is 35.7 Å². The lowest BCUT2D eigenvalue weighted by Gasteiger charge is -2.31. The third-order valence-electron chi connectivity index (χ3n) is 5.23. The highest BCUT2D eigenvalue weighted by molar-refractivity contribution is 9.10. The van der Waals surface area contributed by atoms with Crippen molar-refractivity contribution >= 4 is 39.5 Å². The number of nitrogens with one attached hydrogen (secondary N) is 1. The van der Waals surface area contributed by atoms with Crippen LogP contribution in [0.4, 0.5) is 0 Å². The molecule has 0 radical (unpaired) electrons. The van der Waals surface area contributed by atoms with Crippen LogP contribution in [0.1, 0.15) is 23.6 Å². The maximum Gasteiger partial charge on any atom is 0.243 e. The molecule has 0 aliphatic heterocycles. The minimum absolute atomic E-state index is 0.0341. The number of thioether (sulfide) groups is 1. The van der Waals surface area contributed by atoms with Gasteiger partial charge in [0.1, 0.15) is 6.04 Å². The molecule has 0 spiro atoms. The molecule has 3 aromatic rings. The zero-order valence-electron chi connectivity index (χ0n) is 18.7. The highest BCUT2D eigenvalue weighted by Gasteiger charge is 2.29. The number of carbonyl (C=O) groups excluding carboxylic acids is 2. The van der Waals surface area contributed by atoms with Crippen molar-refractivity contribution in [3.05, 3.63) is 106 Å². The molecule has 2 amide bonds. The van der Waals surface area contributed by atoms with E-state index in [-0.39, 0.29) is 11.8 Å². The first-order valence-corrected chi connectivity index (χ1v) is 13.0. The lowest BCUT2D eigenvalue weighted by Crippen LogP contribution is -2.51. The SMILES string of the molecule is CCNC(=O)[C@H](Cc1ccccc1)N(Cc1ccccc1)C(=O)CSCc1ccc(Br)cc1. The molecule has 0 saturated heterocycles. The second kappa shape index (κ2) is 13.2. The summed E-state index contributed by atoms with van der Waals surface area (Å²) in [4.78, 5) is 28.3. The number of hydrogen-bond acceptors (Lipinski definition) is 3. The molecule has 0 saturated carbocycles. The molecule has 0 aliphatic carbocycles. The maximum atomic E-state index is 13.4. The maximum absolute atomic E-state index is 13.4. The number of hydrogen-bond donors (Lipinski definition) is 1. The third kappa shape index (κ3) is 8.06. The van der Waals surface area contributed by atoms with Crippen LogP contribution in [-0.4, -0.2) is 35.1 Å². The number of likely N-dealkylation sites (N-methyl/N-ethyl adjacent to an activating group) is 1. The normalized spacial score (nSPS) is 11.6. The molecular formula is C27H29BrN2O2S. The summed E-state index contributed by atoms with van der Waals surface area (Å²) < 4.78 is 1.03. The summed E-state index contributed by atoms with van der Waals surface area (Å²) >= 11 is 5.02. The zero-order valence-corrected chi connectivity index (χ0v) is 21.1. The van der Waals surface area contributed by atoms with Gasteiger partial charge in [-0.1, -0.05) is 88.7 Å². The van der Waals surface area contributed by atoms with Crippen molar-refractivity contribution in [2.45, 2.75) is 31.7 Å². The molecule has 4 nitrogen and oxygen atoms in total. The Kier molecular flexibility index (Phi) is 10.0. The average Bonchev–Trinajstić information content (AvgIpc) is 2.84. The van der Waals surface area contributed by atoms with Crippen LogP contribution >= 0.6 is 27.7 Å². The van der Waals surface area contributed by atoms with E-state index in [1.54, 1.807) is 16.7 Å². The second-order valence-electron chi connectivity index (χ2n) is 7.73. The van der Waals surface area contributed by atoms with Crippen LogP contribution in [-0.2, 0) is 28.3 Å². The molecule has 0 aromatic heterocycles. The molecule has 0 heterocycles. The summed E-state index contributed by atoms with van der Waals surface area (Å²) in [5, 5.41) is 2.93. The fraction of sp³-hybridized carbons (Fsp3) is 0.259. The van der Waals surface area contributed by atoms with Crippen molar-refractivity contribution in [3.8, 4) is 0 Å². The Morgan fingerprint density at radius 3 is 2.09 bits per heavy atom. The van der Waals surface area contributed by atoms with Crippen molar-refractivity contribution in [1.82, 2.24) is 10.2 Å². The lowest BCUT2D eigenvalue weighted by molar-refractivity contribution is -0.139. The predicted molar refractivity (Wildman–Crippen MR) is 140 cm³/mol. The van der Waals surface area contributed by atoms with E-state index in [2.05, 4.69) is 33.4 Å². The van der Waals surface area contributed by atoms with Crippen molar-refractivity contribution in [2.75, 3.05) is 12.3 Å². The third-order valence-corrected chi connectivity index (χ3v) is 6.74. The minimum atomic E-state index is -0.576. The fourth-order valence-corrected chi connectivity index (χ4v) is 4.68.